The van der Waals surface area contributed by atoms with Crippen LogP contribution in [0.2, 0.25) is 0 Å². The van der Waals surface area contributed by atoms with Gasteiger partial charge < -0.3 is 9.30 Å². The zero-order valence-corrected chi connectivity index (χ0v) is 16.9. The highest BCUT2D eigenvalue weighted by atomic mass is 32.2. The second-order valence-electron chi connectivity index (χ2n) is 6.36. The molecule has 30 heavy (non-hydrogen) atoms. The highest BCUT2D eigenvalue weighted by molar-refractivity contribution is 7.91. The minimum atomic E-state index is -4.64. The number of halogens is 3. The van der Waals surface area contributed by atoms with E-state index in [0.29, 0.717) is 0 Å². The highest BCUT2D eigenvalue weighted by Gasteiger charge is 2.33. The summed E-state index contributed by atoms with van der Waals surface area (Å²) in [6.45, 7) is 2.93. The smallest absolute Gasteiger partial charge is 0.433 e. The van der Waals surface area contributed by atoms with Crippen molar-refractivity contribution in [3.05, 3.63) is 30.2 Å². The number of hydrogen-bond acceptors (Lipinski definition) is 7. The first-order chi connectivity index (χ1) is 14.0. The molecule has 3 heterocycles. The molecule has 1 atom stereocenters. The Morgan fingerprint density at radius 2 is 1.97 bits per heavy atom. The van der Waals surface area contributed by atoms with Gasteiger partial charge in [0, 0.05) is 13.1 Å². The van der Waals surface area contributed by atoms with E-state index in [-0.39, 0.29) is 38.9 Å². The van der Waals surface area contributed by atoms with Crippen LogP contribution in [0.1, 0.15) is 19.5 Å². The standard InChI is InChI=1S/C18H16F3N5O3S/c1-4-30(27,28)14-5-11(29-10(2)7-22)8-24-16(14)17-25-12-6-15(18(19,20)21)23-9-13(12)26(17)3/h5-6,8-10H,4H2,1-3H3. The molecule has 0 bridgehead atoms. The number of alkyl halides is 3. The van der Waals surface area contributed by atoms with Crippen LogP contribution >= 0.6 is 0 Å². The molecule has 0 radical (unpaired) electrons. The van der Waals surface area contributed by atoms with Crippen molar-refractivity contribution in [2.45, 2.75) is 31.0 Å². The van der Waals surface area contributed by atoms with Crippen LogP contribution in [-0.4, -0.2) is 39.8 Å². The number of imidazole rings is 1. The van der Waals surface area contributed by atoms with E-state index < -0.39 is 27.8 Å². The summed E-state index contributed by atoms with van der Waals surface area (Å²) in [5.41, 5.74) is -0.878. The molecule has 0 saturated carbocycles. The molecule has 0 aromatic carbocycles. The van der Waals surface area contributed by atoms with Crippen molar-refractivity contribution in [1.29, 1.82) is 5.26 Å². The van der Waals surface area contributed by atoms with E-state index >= 15 is 0 Å². The lowest BCUT2D eigenvalue weighted by atomic mass is 10.3. The van der Waals surface area contributed by atoms with E-state index in [4.69, 9.17) is 10.00 Å². The predicted molar refractivity (Wildman–Crippen MR) is 100 cm³/mol. The van der Waals surface area contributed by atoms with E-state index in [2.05, 4.69) is 15.0 Å². The Hall–Kier alpha value is -3.20. The number of sulfone groups is 1. The molecule has 1 unspecified atom stereocenters. The second-order valence-corrected chi connectivity index (χ2v) is 8.61. The van der Waals surface area contributed by atoms with Gasteiger partial charge in [0.25, 0.3) is 0 Å². The van der Waals surface area contributed by atoms with Crippen LogP contribution in [0.5, 0.6) is 5.75 Å². The van der Waals surface area contributed by atoms with Gasteiger partial charge in [-0.25, -0.2) is 23.4 Å². The van der Waals surface area contributed by atoms with Gasteiger partial charge in [0.05, 0.1) is 29.2 Å². The monoisotopic (exact) mass is 439 g/mol. The molecular weight excluding hydrogens is 423 g/mol. The Morgan fingerprint density at radius 3 is 2.57 bits per heavy atom. The van der Waals surface area contributed by atoms with Crippen LogP contribution in [-0.2, 0) is 23.1 Å². The number of aromatic nitrogens is 4. The maximum absolute atomic E-state index is 13.0. The lowest BCUT2D eigenvalue weighted by molar-refractivity contribution is -0.141. The number of fused-ring (bicyclic) bond motifs is 1. The third-order valence-corrected chi connectivity index (χ3v) is 6.05. The number of ether oxygens (including phenoxy) is 1. The molecule has 0 aliphatic heterocycles. The number of aryl methyl sites for hydroxylation is 1. The summed E-state index contributed by atoms with van der Waals surface area (Å²) in [5.74, 6) is -0.125. The van der Waals surface area contributed by atoms with Crippen LogP contribution in [0.3, 0.4) is 0 Å². The molecule has 3 aromatic rings. The average molecular weight is 439 g/mol. The van der Waals surface area contributed by atoms with Crippen molar-refractivity contribution in [2.24, 2.45) is 7.05 Å². The average Bonchev–Trinajstić information content (AvgIpc) is 3.03. The van der Waals surface area contributed by atoms with Crippen molar-refractivity contribution in [1.82, 2.24) is 19.5 Å². The minimum Gasteiger partial charge on any atom is -0.474 e. The maximum atomic E-state index is 13.0. The first-order valence-electron chi connectivity index (χ1n) is 8.67. The third kappa shape index (κ3) is 3.93. The molecule has 0 saturated heterocycles. The molecule has 0 fully saturated rings. The van der Waals surface area contributed by atoms with Gasteiger partial charge in [0.1, 0.15) is 28.1 Å². The fraction of sp³-hybridized carbons (Fsp3) is 0.333. The number of nitriles is 1. The van der Waals surface area contributed by atoms with Gasteiger partial charge in [-0.3, -0.25) is 0 Å². The summed E-state index contributed by atoms with van der Waals surface area (Å²) in [7, 11) is -2.28. The van der Waals surface area contributed by atoms with Crippen LogP contribution in [0.15, 0.2) is 29.4 Å². The van der Waals surface area contributed by atoms with E-state index in [0.717, 1.165) is 12.3 Å². The third-order valence-electron chi connectivity index (χ3n) is 4.31. The van der Waals surface area contributed by atoms with Crippen molar-refractivity contribution in [3.8, 4) is 23.3 Å². The SMILES string of the molecule is CCS(=O)(=O)c1cc(OC(C)C#N)cnc1-c1nc2cc(C(F)(F)F)ncc2n1C. The van der Waals surface area contributed by atoms with Crippen LogP contribution < -0.4 is 4.74 Å². The Kier molecular flexibility index (Phi) is 5.42. The van der Waals surface area contributed by atoms with Gasteiger partial charge >= 0.3 is 6.18 Å². The van der Waals surface area contributed by atoms with Crippen molar-refractivity contribution < 1.29 is 26.3 Å². The van der Waals surface area contributed by atoms with Gasteiger partial charge in [-0.2, -0.15) is 18.4 Å². The zero-order valence-electron chi connectivity index (χ0n) is 16.1. The normalized spacial score (nSPS) is 13.2. The predicted octanol–water partition coefficient (Wildman–Crippen LogP) is 3.13. The molecule has 3 rings (SSSR count). The number of nitrogens with zero attached hydrogens (tertiary/aromatic N) is 5. The topological polar surface area (TPSA) is 111 Å². The molecule has 8 nitrogen and oxygen atoms in total. The van der Waals surface area contributed by atoms with Crippen molar-refractivity contribution in [3.63, 3.8) is 0 Å². The van der Waals surface area contributed by atoms with Gasteiger partial charge in [0.2, 0.25) is 0 Å². The Labute approximate surface area is 169 Å². The Bertz CT molecular complexity index is 1260. The maximum Gasteiger partial charge on any atom is 0.433 e. The highest BCUT2D eigenvalue weighted by Crippen LogP contribution is 2.33. The lowest BCUT2D eigenvalue weighted by Crippen LogP contribution is -2.12. The molecule has 0 spiro atoms. The summed E-state index contributed by atoms with van der Waals surface area (Å²) in [5, 5.41) is 8.89. The van der Waals surface area contributed by atoms with Crippen LogP contribution in [0, 0.1) is 11.3 Å². The number of pyridine rings is 2. The molecule has 3 aromatic heterocycles. The lowest BCUT2D eigenvalue weighted by Gasteiger charge is -2.12. The summed E-state index contributed by atoms with van der Waals surface area (Å²) >= 11 is 0. The molecule has 12 heteroatoms. The van der Waals surface area contributed by atoms with E-state index in [1.54, 1.807) is 0 Å². The number of hydrogen-bond donors (Lipinski definition) is 0. The summed E-state index contributed by atoms with van der Waals surface area (Å²) in [4.78, 5) is 11.5. The molecule has 0 aliphatic rings. The summed E-state index contributed by atoms with van der Waals surface area (Å²) in [6, 6.07) is 3.88. The number of rotatable bonds is 5. The second kappa shape index (κ2) is 7.56. The van der Waals surface area contributed by atoms with Crippen LogP contribution in [0.25, 0.3) is 22.6 Å². The van der Waals surface area contributed by atoms with Crippen molar-refractivity contribution >= 4 is 20.9 Å². The summed E-state index contributed by atoms with van der Waals surface area (Å²) < 4.78 is 70.9. The quantitative estimate of drug-likeness (QED) is 0.600. The Morgan fingerprint density at radius 1 is 1.27 bits per heavy atom. The van der Waals surface area contributed by atoms with Gasteiger partial charge in [-0.15, -0.1) is 0 Å². The summed E-state index contributed by atoms with van der Waals surface area (Å²) in [6.07, 6.45) is -3.22. The van der Waals surface area contributed by atoms with E-state index in [1.807, 2.05) is 6.07 Å². The molecule has 0 aliphatic carbocycles. The first-order valence-corrected chi connectivity index (χ1v) is 10.3. The van der Waals surface area contributed by atoms with Crippen LogP contribution in [0.4, 0.5) is 13.2 Å². The van der Waals surface area contributed by atoms with Crippen molar-refractivity contribution in [2.75, 3.05) is 5.75 Å². The van der Waals surface area contributed by atoms with E-state index in [1.165, 1.54) is 37.7 Å². The Balaban J connectivity index is 2.23. The molecule has 0 amide bonds. The first kappa shape index (κ1) is 21.5. The molecule has 158 valence electrons. The van der Waals surface area contributed by atoms with Gasteiger partial charge in [-0.1, -0.05) is 6.92 Å². The minimum absolute atomic E-state index is 0.00472. The zero-order chi connectivity index (χ0) is 22.3. The molecular formula is C18H16F3N5O3S. The fourth-order valence-electron chi connectivity index (χ4n) is 2.74. The van der Waals surface area contributed by atoms with E-state index in [9.17, 15) is 21.6 Å². The molecule has 0 N–H and O–H groups in total. The van der Waals surface area contributed by atoms with Gasteiger partial charge in [0.15, 0.2) is 21.8 Å². The van der Waals surface area contributed by atoms with Gasteiger partial charge in [-0.05, 0) is 13.0 Å². The largest absolute Gasteiger partial charge is 0.474 e. The fourth-order valence-corrected chi connectivity index (χ4v) is 3.78.